The molecule has 1 aliphatic rings. The summed E-state index contributed by atoms with van der Waals surface area (Å²) in [7, 11) is 0. The number of aryl methyl sites for hydroxylation is 1. The van der Waals surface area contributed by atoms with Crippen LogP contribution in [0.2, 0.25) is 0 Å². The van der Waals surface area contributed by atoms with E-state index in [1.54, 1.807) is 0 Å². The Morgan fingerprint density at radius 1 is 1.22 bits per heavy atom. The summed E-state index contributed by atoms with van der Waals surface area (Å²) in [6.45, 7) is 3.67. The van der Waals surface area contributed by atoms with Crippen LogP contribution in [0.25, 0.3) is 10.9 Å². The van der Waals surface area contributed by atoms with Crippen molar-refractivity contribution in [3.63, 3.8) is 0 Å². The van der Waals surface area contributed by atoms with Crippen molar-refractivity contribution in [2.75, 3.05) is 13.1 Å². The van der Waals surface area contributed by atoms with Gasteiger partial charge in [-0.05, 0) is 31.9 Å². The van der Waals surface area contributed by atoms with Gasteiger partial charge in [0.25, 0.3) is 5.91 Å². The molecule has 1 saturated heterocycles. The molecule has 3 heteroatoms. The topological polar surface area (TPSA) is 33.2 Å². The third kappa shape index (κ3) is 1.86. The van der Waals surface area contributed by atoms with Crippen molar-refractivity contribution in [2.45, 2.75) is 19.8 Å². The number of carbonyl (C=O) groups excluding carboxylic acids is 1. The molecule has 3 nitrogen and oxygen atoms in total. The first kappa shape index (κ1) is 11.2. The molecule has 0 unspecified atom stereocenters. The quantitative estimate of drug-likeness (QED) is 0.768. The maximum absolute atomic E-state index is 12.4. The molecule has 18 heavy (non-hydrogen) atoms. The highest BCUT2D eigenvalue weighted by molar-refractivity contribution is 5.98. The van der Waals surface area contributed by atoms with Crippen LogP contribution in [0.4, 0.5) is 0 Å². The maximum Gasteiger partial charge on any atom is 0.255 e. The summed E-state index contributed by atoms with van der Waals surface area (Å²) >= 11 is 0. The van der Waals surface area contributed by atoms with Gasteiger partial charge in [-0.15, -0.1) is 0 Å². The van der Waals surface area contributed by atoms with Gasteiger partial charge in [0, 0.05) is 18.5 Å². The molecule has 2 aromatic rings. The maximum atomic E-state index is 12.4. The highest BCUT2D eigenvalue weighted by atomic mass is 16.2. The monoisotopic (exact) mass is 240 g/mol. The third-order valence-corrected chi connectivity index (χ3v) is 3.54. The Morgan fingerprint density at radius 2 is 1.94 bits per heavy atom. The number of amides is 1. The van der Waals surface area contributed by atoms with Gasteiger partial charge in [-0.1, -0.05) is 18.2 Å². The van der Waals surface area contributed by atoms with E-state index in [2.05, 4.69) is 4.98 Å². The number of fused-ring (bicyclic) bond motifs is 1. The standard InChI is InChI=1S/C15H16N2O/c1-11-13(15(18)17-8-4-5-9-17)10-12-6-2-3-7-14(12)16-11/h2-3,6-7,10H,4-5,8-9H2,1H3. The average molecular weight is 240 g/mol. The smallest absolute Gasteiger partial charge is 0.255 e. The lowest BCUT2D eigenvalue weighted by atomic mass is 10.1. The van der Waals surface area contributed by atoms with E-state index in [0.717, 1.165) is 48.1 Å². The molecule has 1 aromatic carbocycles. The molecule has 92 valence electrons. The van der Waals surface area contributed by atoms with Crippen LogP contribution in [-0.2, 0) is 0 Å². The Balaban J connectivity index is 2.05. The molecule has 0 saturated carbocycles. The van der Waals surface area contributed by atoms with E-state index < -0.39 is 0 Å². The molecule has 1 amide bonds. The Hall–Kier alpha value is -1.90. The molecule has 0 bridgehead atoms. The first-order chi connectivity index (χ1) is 8.75. The van der Waals surface area contributed by atoms with E-state index in [-0.39, 0.29) is 5.91 Å². The number of carbonyl (C=O) groups is 1. The summed E-state index contributed by atoms with van der Waals surface area (Å²) in [6, 6.07) is 9.90. The number of pyridine rings is 1. The summed E-state index contributed by atoms with van der Waals surface area (Å²) in [4.78, 5) is 18.8. The summed E-state index contributed by atoms with van der Waals surface area (Å²) in [5.74, 6) is 0.128. The number of aromatic nitrogens is 1. The molecular weight excluding hydrogens is 224 g/mol. The molecule has 0 spiro atoms. The van der Waals surface area contributed by atoms with Gasteiger partial charge in [-0.3, -0.25) is 9.78 Å². The van der Waals surface area contributed by atoms with Gasteiger partial charge in [-0.2, -0.15) is 0 Å². The zero-order valence-corrected chi connectivity index (χ0v) is 10.5. The van der Waals surface area contributed by atoms with Crippen LogP contribution in [0.5, 0.6) is 0 Å². The Labute approximate surface area is 106 Å². The van der Waals surface area contributed by atoms with Gasteiger partial charge in [0.2, 0.25) is 0 Å². The number of likely N-dealkylation sites (tertiary alicyclic amines) is 1. The lowest BCUT2D eigenvalue weighted by molar-refractivity contribution is 0.0792. The minimum absolute atomic E-state index is 0.128. The van der Waals surface area contributed by atoms with Crippen LogP contribution in [0, 0.1) is 6.92 Å². The number of nitrogens with zero attached hydrogens (tertiary/aromatic N) is 2. The lowest BCUT2D eigenvalue weighted by Crippen LogP contribution is -2.28. The molecule has 0 N–H and O–H groups in total. The van der Waals surface area contributed by atoms with Crippen LogP contribution in [-0.4, -0.2) is 28.9 Å². The molecule has 0 radical (unpaired) electrons. The predicted octanol–water partition coefficient (Wildman–Crippen LogP) is 2.78. The van der Waals surface area contributed by atoms with Crippen LogP contribution in [0.1, 0.15) is 28.9 Å². The Kier molecular flexibility index (Phi) is 2.74. The number of benzene rings is 1. The molecule has 3 rings (SSSR count). The largest absolute Gasteiger partial charge is 0.339 e. The second kappa shape index (κ2) is 4.41. The number of rotatable bonds is 1. The van der Waals surface area contributed by atoms with Gasteiger partial charge in [0.05, 0.1) is 16.8 Å². The van der Waals surface area contributed by atoms with Crippen molar-refractivity contribution in [1.29, 1.82) is 0 Å². The summed E-state index contributed by atoms with van der Waals surface area (Å²) in [5.41, 5.74) is 2.52. The van der Waals surface area contributed by atoms with Gasteiger partial charge in [0.15, 0.2) is 0 Å². The second-order valence-corrected chi connectivity index (χ2v) is 4.81. The highest BCUT2D eigenvalue weighted by Crippen LogP contribution is 2.19. The fourth-order valence-electron chi connectivity index (χ4n) is 2.52. The fraction of sp³-hybridized carbons (Fsp3) is 0.333. The SMILES string of the molecule is Cc1nc2ccccc2cc1C(=O)N1CCCC1. The first-order valence-corrected chi connectivity index (χ1v) is 6.41. The minimum atomic E-state index is 0.128. The number of hydrogen-bond acceptors (Lipinski definition) is 2. The molecule has 0 aliphatic carbocycles. The van der Waals surface area contributed by atoms with Gasteiger partial charge in [-0.25, -0.2) is 0 Å². The van der Waals surface area contributed by atoms with Crippen molar-refractivity contribution < 1.29 is 4.79 Å². The summed E-state index contributed by atoms with van der Waals surface area (Å²) < 4.78 is 0. The van der Waals surface area contributed by atoms with Crippen LogP contribution < -0.4 is 0 Å². The van der Waals surface area contributed by atoms with E-state index in [0.29, 0.717) is 0 Å². The summed E-state index contributed by atoms with van der Waals surface area (Å²) in [6.07, 6.45) is 2.23. The van der Waals surface area contributed by atoms with E-state index in [4.69, 9.17) is 0 Å². The second-order valence-electron chi connectivity index (χ2n) is 4.81. The van der Waals surface area contributed by atoms with Crippen molar-refractivity contribution in [3.05, 3.63) is 41.6 Å². The van der Waals surface area contributed by atoms with Crippen molar-refractivity contribution in [3.8, 4) is 0 Å². The Bertz CT molecular complexity index is 600. The van der Waals surface area contributed by atoms with Crippen LogP contribution >= 0.6 is 0 Å². The lowest BCUT2D eigenvalue weighted by Gasteiger charge is -2.16. The molecule has 1 aliphatic heterocycles. The van der Waals surface area contributed by atoms with E-state index in [9.17, 15) is 4.79 Å². The number of hydrogen-bond donors (Lipinski definition) is 0. The normalized spacial score (nSPS) is 15.3. The van der Waals surface area contributed by atoms with Gasteiger partial charge in [0.1, 0.15) is 0 Å². The predicted molar refractivity (Wildman–Crippen MR) is 71.6 cm³/mol. The average Bonchev–Trinajstić information content (AvgIpc) is 2.91. The third-order valence-electron chi connectivity index (χ3n) is 3.54. The fourth-order valence-corrected chi connectivity index (χ4v) is 2.52. The molecule has 1 aromatic heterocycles. The zero-order chi connectivity index (χ0) is 12.5. The minimum Gasteiger partial charge on any atom is -0.339 e. The van der Waals surface area contributed by atoms with Crippen molar-refractivity contribution in [1.82, 2.24) is 9.88 Å². The van der Waals surface area contributed by atoms with E-state index in [1.165, 1.54) is 0 Å². The Morgan fingerprint density at radius 3 is 2.72 bits per heavy atom. The number of para-hydroxylation sites is 1. The molecule has 2 heterocycles. The summed E-state index contributed by atoms with van der Waals surface area (Å²) in [5, 5.41) is 1.03. The van der Waals surface area contributed by atoms with Crippen LogP contribution in [0.15, 0.2) is 30.3 Å². The zero-order valence-electron chi connectivity index (χ0n) is 10.5. The molecule has 0 atom stereocenters. The van der Waals surface area contributed by atoms with E-state index >= 15 is 0 Å². The van der Waals surface area contributed by atoms with Gasteiger partial charge >= 0.3 is 0 Å². The molecular formula is C15H16N2O. The first-order valence-electron chi connectivity index (χ1n) is 6.41. The van der Waals surface area contributed by atoms with E-state index in [1.807, 2.05) is 42.2 Å². The van der Waals surface area contributed by atoms with Crippen molar-refractivity contribution in [2.24, 2.45) is 0 Å². The van der Waals surface area contributed by atoms with Crippen molar-refractivity contribution >= 4 is 16.8 Å². The van der Waals surface area contributed by atoms with Gasteiger partial charge < -0.3 is 4.90 Å². The molecule has 1 fully saturated rings. The van der Waals surface area contributed by atoms with Crippen LogP contribution in [0.3, 0.4) is 0 Å². The highest BCUT2D eigenvalue weighted by Gasteiger charge is 2.21.